The summed E-state index contributed by atoms with van der Waals surface area (Å²) in [6.45, 7) is 5.17. The number of carbonyl (C=O) groups excluding carboxylic acids is 8. The number of hydrogen-bond acceptors (Lipinski definition) is 9. The second-order valence-corrected chi connectivity index (χ2v) is 11.5. The zero-order valence-corrected chi connectivity index (χ0v) is 25.6. The lowest BCUT2D eigenvalue weighted by Crippen LogP contribution is -2.45. The van der Waals surface area contributed by atoms with Crippen molar-refractivity contribution in [2.75, 3.05) is 18.4 Å². The number of anilines is 1. The van der Waals surface area contributed by atoms with Crippen LogP contribution in [0.2, 0.25) is 0 Å². The van der Waals surface area contributed by atoms with Crippen molar-refractivity contribution >= 4 is 53.0 Å². The first-order valence-electron chi connectivity index (χ1n) is 14.3. The number of primary amides is 2. The highest BCUT2D eigenvalue weighted by atomic mass is 16.5. The molecule has 0 radical (unpaired) electrons. The Balaban J connectivity index is 2.07. The van der Waals surface area contributed by atoms with Gasteiger partial charge in [-0.25, -0.2) is 4.79 Å². The molecule has 2 atom stereocenters. The Morgan fingerprint density at radius 1 is 0.933 bits per heavy atom. The molecule has 0 fully saturated rings. The van der Waals surface area contributed by atoms with Gasteiger partial charge in [-0.2, -0.15) is 0 Å². The van der Waals surface area contributed by atoms with E-state index in [-0.39, 0.29) is 51.3 Å². The molecular formula is C30H40N6O9. The number of nitrogens with zero attached hydrogens (tertiary/aromatic N) is 1. The van der Waals surface area contributed by atoms with E-state index in [2.05, 4.69) is 16.0 Å². The van der Waals surface area contributed by atoms with E-state index in [1.807, 2.05) is 0 Å². The smallest absolute Gasteiger partial charge is 0.312 e. The molecule has 0 bridgehead atoms. The second-order valence-electron chi connectivity index (χ2n) is 11.5. The minimum Gasteiger partial charge on any atom is -0.460 e. The SMILES string of the molecule is CC(C)(C)C(=O)OCc1ccc(NC(=O)[C@H](CCCNC(N)=O)CC(=O)[C@H](CC(N)=O)NC(=O)CCN2C(=O)C=CC2=O)cc1. The summed E-state index contributed by atoms with van der Waals surface area (Å²) in [6, 6.07) is 4.44. The van der Waals surface area contributed by atoms with Gasteiger partial charge in [0.15, 0.2) is 5.78 Å². The van der Waals surface area contributed by atoms with Crippen LogP contribution in [0, 0.1) is 11.3 Å². The number of ether oxygens (including phenoxy) is 1. The molecule has 45 heavy (non-hydrogen) atoms. The first kappa shape index (κ1) is 36.1. The topological polar surface area (TPSA) is 237 Å². The molecule has 0 aliphatic carbocycles. The van der Waals surface area contributed by atoms with E-state index in [1.165, 1.54) is 0 Å². The normalized spacial score (nSPS) is 14.0. The summed E-state index contributed by atoms with van der Waals surface area (Å²) in [4.78, 5) is 98.2. The zero-order valence-electron chi connectivity index (χ0n) is 25.6. The molecule has 0 unspecified atom stereocenters. The Bertz CT molecular complexity index is 1320. The number of amides is 7. The first-order valence-corrected chi connectivity index (χ1v) is 14.3. The van der Waals surface area contributed by atoms with Crippen LogP contribution in [0.4, 0.5) is 10.5 Å². The largest absolute Gasteiger partial charge is 0.460 e. The molecule has 1 aromatic rings. The molecule has 0 aromatic heterocycles. The fraction of sp³-hybridized carbons (Fsp3) is 0.467. The van der Waals surface area contributed by atoms with Crippen LogP contribution in [-0.4, -0.2) is 71.4 Å². The van der Waals surface area contributed by atoms with E-state index in [4.69, 9.17) is 16.2 Å². The number of hydrogen-bond donors (Lipinski definition) is 5. The Hall–Kier alpha value is -5.08. The predicted molar refractivity (Wildman–Crippen MR) is 160 cm³/mol. The minimum absolute atomic E-state index is 0.0445. The van der Waals surface area contributed by atoms with Crippen molar-refractivity contribution in [1.82, 2.24) is 15.5 Å². The van der Waals surface area contributed by atoms with Crippen LogP contribution in [0.5, 0.6) is 0 Å². The second kappa shape index (κ2) is 16.7. The number of rotatable bonds is 17. The molecule has 1 heterocycles. The Morgan fingerprint density at radius 2 is 1.56 bits per heavy atom. The van der Waals surface area contributed by atoms with Gasteiger partial charge in [0, 0.05) is 49.7 Å². The van der Waals surface area contributed by atoms with E-state index < -0.39 is 65.1 Å². The lowest BCUT2D eigenvalue weighted by atomic mass is 9.92. The number of benzene rings is 1. The average Bonchev–Trinajstić information content (AvgIpc) is 3.27. The maximum Gasteiger partial charge on any atom is 0.312 e. The van der Waals surface area contributed by atoms with Gasteiger partial charge in [-0.05, 0) is 51.3 Å². The molecule has 7 N–H and O–H groups in total. The summed E-state index contributed by atoms with van der Waals surface area (Å²) < 4.78 is 5.29. The van der Waals surface area contributed by atoms with Gasteiger partial charge in [0.1, 0.15) is 6.61 Å². The number of nitrogens with two attached hydrogens (primary N) is 2. The van der Waals surface area contributed by atoms with Crippen molar-refractivity contribution in [3.63, 3.8) is 0 Å². The number of Topliss-reactive ketones (excluding diaryl/α,β-unsaturated/α-hetero) is 1. The minimum atomic E-state index is -1.35. The van der Waals surface area contributed by atoms with Gasteiger partial charge in [0.2, 0.25) is 17.7 Å². The van der Waals surface area contributed by atoms with Crippen LogP contribution in [0.25, 0.3) is 0 Å². The van der Waals surface area contributed by atoms with Crippen molar-refractivity contribution < 1.29 is 43.1 Å². The fourth-order valence-electron chi connectivity index (χ4n) is 4.14. The van der Waals surface area contributed by atoms with E-state index in [0.717, 1.165) is 17.1 Å². The van der Waals surface area contributed by atoms with Crippen molar-refractivity contribution in [3.05, 3.63) is 42.0 Å². The lowest BCUT2D eigenvalue weighted by molar-refractivity contribution is -0.154. The molecule has 0 saturated heterocycles. The van der Waals surface area contributed by atoms with Crippen LogP contribution < -0.4 is 27.4 Å². The number of esters is 1. The summed E-state index contributed by atoms with van der Waals surface area (Å²) in [5.74, 6) is -5.19. The molecule has 0 spiro atoms. The van der Waals surface area contributed by atoms with Gasteiger partial charge in [-0.1, -0.05) is 12.1 Å². The summed E-state index contributed by atoms with van der Waals surface area (Å²) in [7, 11) is 0. The quantitative estimate of drug-likeness (QED) is 0.0911. The number of ketones is 1. The molecule has 1 aromatic carbocycles. The molecule has 7 amide bonds. The maximum absolute atomic E-state index is 13.3. The molecule has 2 rings (SSSR count). The predicted octanol–water partition coefficient (Wildman–Crippen LogP) is 0.414. The van der Waals surface area contributed by atoms with E-state index in [0.29, 0.717) is 11.3 Å². The van der Waals surface area contributed by atoms with Crippen molar-refractivity contribution in [2.45, 2.75) is 65.5 Å². The molecule has 15 nitrogen and oxygen atoms in total. The highest BCUT2D eigenvalue weighted by Crippen LogP contribution is 2.20. The number of urea groups is 1. The van der Waals surface area contributed by atoms with Gasteiger partial charge in [0.05, 0.1) is 17.9 Å². The summed E-state index contributed by atoms with van der Waals surface area (Å²) in [6.07, 6.45) is 1.33. The lowest BCUT2D eigenvalue weighted by Gasteiger charge is -2.21. The molecule has 1 aliphatic rings. The van der Waals surface area contributed by atoms with E-state index >= 15 is 0 Å². The van der Waals surface area contributed by atoms with E-state index in [9.17, 15) is 38.4 Å². The number of carbonyl (C=O) groups is 8. The van der Waals surface area contributed by atoms with Gasteiger partial charge < -0.3 is 32.2 Å². The summed E-state index contributed by atoms with van der Waals surface area (Å²) in [5.41, 5.74) is 10.8. The van der Waals surface area contributed by atoms with Gasteiger partial charge in [-0.3, -0.25) is 38.5 Å². The van der Waals surface area contributed by atoms with E-state index in [1.54, 1.807) is 45.0 Å². The van der Waals surface area contributed by atoms with Gasteiger partial charge in [0.25, 0.3) is 11.8 Å². The van der Waals surface area contributed by atoms with Gasteiger partial charge in [-0.15, -0.1) is 0 Å². The Morgan fingerprint density at radius 3 is 2.11 bits per heavy atom. The summed E-state index contributed by atoms with van der Waals surface area (Å²) in [5, 5.41) is 7.55. The van der Waals surface area contributed by atoms with Crippen LogP contribution in [0.3, 0.4) is 0 Å². The monoisotopic (exact) mass is 628 g/mol. The van der Waals surface area contributed by atoms with Crippen molar-refractivity contribution in [2.24, 2.45) is 22.8 Å². The van der Waals surface area contributed by atoms with Crippen molar-refractivity contribution in [1.29, 1.82) is 0 Å². The third kappa shape index (κ3) is 12.6. The number of nitrogens with one attached hydrogen (secondary N) is 3. The van der Waals surface area contributed by atoms with Gasteiger partial charge >= 0.3 is 12.0 Å². The Kier molecular flexibility index (Phi) is 13.4. The third-order valence-electron chi connectivity index (χ3n) is 6.64. The molecule has 244 valence electrons. The summed E-state index contributed by atoms with van der Waals surface area (Å²) >= 11 is 0. The maximum atomic E-state index is 13.3. The van der Waals surface area contributed by atoms with Crippen molar-refractivity contribution in [3.8, 4) is 0 Å². The number of imide groups is 1. The average molecular weight is 629 g/mol. The molecule has 0 saturated carbocycles. The molecule has 15 heteroatoms. The van der Waals surface area contributed by atoms with Crippen LogP contribution in [0.1, 0.15) is 58.4 Å². The molecular weight excluding hydrogens is 588 g/mol. The Labute approximate surface area is 260 Å². The molecule has 1 aliphatic heterocycles. The highest BCUT2D eigenvalue weighted by Gasteiger charge is 2.30. The standard InChI is InChI=1S/C30H40N6O9/c1-30(2,3)28(43)45-17-18-6-8-20(9-7-18)34-27(42)19(5-4-13-33-29(32)44)15-22(37)21(16-23(31)38)35-24(39)12-14-36-25(40)10-11-26(36)41/h6-11,19,21H,4-5,12-17H2,1-3H3,(H2,31,38)(H,34,42)(H,35,39)(H3,32,33,44)/t19-,21+/m1/s1. The first-order chi connectivity index (χ1) is 21.1. The fourth-order valence-corrected chi connectivity index (χ4v) is 4.14. The zero-order chi connectivity index (χ0) is 33.7. The highest BCUT2D eigenvalue weighted by molar-refractivity contribution is 6.13. The third-order valence-corrected chi connectivity index (χ3v) is 6.64. The van der Waals surface area contributed by atoms with Crippen LogP contribution in [-0.2, 0) is 44.9 Å². The van der Waals surface area contributed by atoms with Crippen LogP contribution >= 0.6 is 0 Å². The van der Waals surface area contributed by atoms with Crippen LogP contribution in [0.15, 0.2) is 36.4 Å².